The van der Waals surface area contributed by atoms with E-state index < -0.39 is 0 Å². The van der Waals surface area contributed by atoms with Crippen molar-refractivity contribution in [1.29, 1.82) is 0 Å². The molecule has 0 unspecified atom stereocenters. The van der Waals surface area contributed by atoms with E-state index in [-0.39, 0.29) is 17.0 Å². The van der Waals surface area contributed by atoms with Crippen LogP contribution in [0.4, 0.5) is 0 Å². The third-order valence-corrected chi connectivity index (χ3v) is 3.86. The van der Waals surface area contributed by atoms with E-state index in [0.29, 0.717) is 13.1 Å². The Morgan fingerprint density at radius 1 is 1.05 bits per heavy atom. The maximum Gasteiger partial charge on any atom is 0.234 e. The Labute approximate surface area is 124 Å². The van der Waals surface area contributed by atoms with Crippen molar-refractivity contribution in [2.45, 2.75) is 45.7 Å². The van der Waals surface area contributed by atoms with Crippen LogP contribution in [0.15, 0.2) is 0 Å². The van der Waals surface area contributed by atoms with Crippen LogP contribution < -0.4 is 10.6 Å². The number of carbonyl (C=O) groups excluding carboxylic acids is 1. The predicted molar refractivity (Wildman–Crippen MR) is 83.9 cm³/mol. The molecule has 0 radical (unpaired) electrons. The molecule has 1 aliphatic heterocycles. The number of hydrogen-bond acceptors (Lipinski definition) is 4. The van der Waals surface area contributed by atoms with Gasteiger partial charge in [0.15, 0.2) is 0 Å². The monoisotopic (exact) mass is 284 g/mol. The molecule has 0 bridgehead atoms. The summed E-state index contributed by atoms with van der Waals surface area (Å²) in [5.74, 6) is 0.0714. The molecule has 20 heavy (non-hydrogen) atoms. The van der Waals surface area contributed by atoms with Crippen molar-refractivity contribution >= 4 is 5.91 Å². The normalized spacial score (nSPS) is 19.1. The molecule has 118 valence electrons. The molecule has 0 atom stereocenters. The molecular formula is C15H32N4O. The lowest BCUT2D eigenvalue weighted by molar-refractivity contribution is -0.121. The van der Waals surface area contributed by atoms with E-state index in [1.54, 1.807) is 0 Å². The standard InChI is InChI=1S/C15H32N4O/c1-14(2,3)17-11-13(20)16-12-15(4,5)19-9-7-18(6)8-10-19/h17H,7-12H2,1-6H3,(H,16,20). The van der Waals surface area contributed by atoms with Gasteiger partial charge in [0.2, 0.25) is 5.91 Å². The number of nitrogens with one attached hydrogen (secondary N) is 2. The number of hydrogen-bond donors (Lipinski definition) is 2. The Bertz CT molecular complexity index is 314. The van der Waals surface area contributed by atoms with Crippen LogP contribution in [-0.2, 0) is 4.79 Å². The van der Waals surface area contributed by atoms with Crippen molar-refractivity contribution in [2.75, 3.05) is 46.3 Å². The zero-order chi connectivity index (χ0) is 15.4. The van der Waals surface area contributed by atoms with E-state index in [0.717, 1.165) is 26.2 Å². The number of carbonyl (C=O) groups is 1. The average molecular weight is 284 g/mol. The quantitative estimate of drug-likeness (QED) is 0.773. The van der Waals surface area contributed by atoms with Gasteiger partial charge >= 0.3 is 0 Å². The number of piperazine rings is 1. The van der Waals surface area contributed by atoms with Gasteiger partial charge in [0.05, 0.1) is 6.54 Å². The van der Waals surface area contributed by atoms with Gasteiger partial charge < -0.3 is 15.5 Å². The molecule has 2 N–H and O–H groups in total. The van der Waals surface area contributed by atoms with Gasteiger partial charge in [-0.15, -0.1) is 0 Å². The summed E-state index contributed by atoms with van der Waals surface area (Å²) in [6.45, 7) is 16.0. The van der Waals surface area contributed by atoms with Gasteiger partial charge in [-0.1, -0.05) is 0 Å². The fraction of sp³-hybridized carbons (Fsp3) is 0.933. The highest BCUT2D eigenvalue weighted by atomic mass is 16.1. The SMILES string of the molecule is CN1CCN(C(C)(C)CNC(=O)CNC(C)(C)C)CC1. The van der Waals surface area contributed by atoms with E-state index in [1.807, 2.05) is 0 Å². The van der Waals surface area contributed by atoms with Crippen LogP contribution in [0.5, 0.6) is 0 Å². The Balaban J connectivity index is 2.33. The first-order valence-electron chi connectivity index (χ1n) is 7.55. The Hall–Kier alpha value is -0.650. The minimum Gasteiger partial charge on any atom is -0.353 e. The average Bonchev–Trinajstić information content (AvgIpc) is 2.34. The molecule has 1 fully saturated rings. The first-order valence-corrected chi connectivity index (χ1v) is 7.55. The maximum atomic E-state index is 11.9. The van der Waals surface area contributed by atoms with Gasteiger partial charge in [0.25, 0.3) is 0 Å². The fourth-order valence-electron chi connectivity index (χ4n) is 2.25. The van der Waals surface area contributed by atoms with Gasteiger partial charge in [-0.25, -0.2) is 0 Å². The first kappa shape index (κ1) is 17.4. The van der Waals surface area contributed by atoms with Crippen LogP contribution in [-0.4, -0.2) is 73.1 Å². The van der Waals surface area contributed by atoms with Crippen LogP contribution in [0.25, 0.3) is 0 Å². The van der Waals surface area contributed by atoms with Gasteiger partial charge in [0.1, 0.15) is 0 Å². The molecule has 5 nitrogen and oxygen atoms in total. The Kier molecular flexibility index (Phi) is 5.98. The third kappa shape index (κ3) is 6.20. The lowest BCUT2D eigenvalue weighted by Crippen LogP contribution is -2.58. The largest absolute Gasteiger partial charge is 0.353 e. The molecule has 0 aromatic rings. The smallest absolute Gasteiger partial charge is 0.234 e. The lowest BCUT2D eigenvalue weighted by atomic mass is 10.0. The Morgan fingerprint density at radius 3 is 2.10 bits per heavy atom. The number of nitrogens with zero attached hydrogens (tertiary/aromatic N) is 2. The van der Waals surface area contributed by atoms with E-state index in [9.17, 15) is 4.79 Å². The van der Waals surface area contributed by atoms with Gasteiger partial charge in [-0.3, -0.25) is 9.69 Å². The molecule has 1 heterocycles. The van der Waals surface area contributed by atoms with Gasteiger partial charge in [-0.05, 0) is 41.7 Å². The summed E-state index contributed by atoms with van der Waals surface area (Å²) in [6.07, 6.45) is 0. The summed E-state index contributed by atoms with van der Waals surface area (Å²) in [7, 11) is 2.16. The molecule has 5 heteroatoms. The maximum absolute atomic E-state index is 11.9. The molecular weight excluding hydrogens is 252 g/mol. The molecule has 0 aromatic carbocycles. The van der Waals surface area contributed by atoms with Crippen LogP contribution in [0.2, 0.25) is 0 Å². The first-order chi connectivity index (χ1) is 9.10. The molecule has 0 aromatic heterocycles. The number of rotatable bonds is 5. The summed E-state index contributed by atoms with van der Waals surface area (Å²) in [4.78, 5) is 16.7. The molecule has 0 saturated carbocycles. The number of amides is 1. The van der Waals surface area contributed by atoms with Crippen LogP contribution in [0.3, 0.4) is 0 Å². The van der Waals surface area contributed by atoms with E-state index in [1.165, 1.54) is 0 Å². The van der Waals surface area contributed by atoms with Crippen molar-refractivity contribution in [3.63, 3.8) is 0 Å². The van der Waals surface area contributed by atoms with Crippen molar-refractivity contribution < 1.29 is 4.79 Å². The highest BCUT2D eigenvalue weighted by Gasteiger charge is 2.29. The minimum atomic E-state index is -0.0235. The third-order valence-electron chi connectivity index (χ3n) is 3.86. The number of likely N-dealkylation sites (N-methyl/N-ethyl adjacent to an activating group) is 1. The highest BCUT2D eigenvalue weighted by molar-refractivity contribution is 5.78. The van der Waals surface area contributed by atoms with Gasteiger partial charge in [-0.2, -0.15) is 0 Å². The lowest BCUT2D eigenvalue weighted by Gasteiger charge is -2.43. The van der Waals surface area contributed by atoms with Crippen LogP contribution >= 0.6 is 0 Å². The van der Waals surface area contributed by atoms with Crippen molar-refractivity contribution in [1.82, 2.24) is 20.4 Å². The molecule has 1 amide bonds. The van der Waals surface area contributed by atoms with Crippen molar-refractivity contribution in [3.8, 4) is 0 Å². The summed E-state index contributed by atoms with van der Waals surface area (Å²) in [5.41, 5.74) is -0.0109. The topological polar surface area (TPSA) is 47.6 Å². The summed E-state index contributed by atoms with van der Waals surface area (Å²) in [5, 5.41) is 6.26. The second-order valence-corrected chi connectivity index (χ2v) is 7.48. The van der Waals surface area contributed by atoms with Crippen LogP contribution in [0, 0.1) is 0 Å². The molecule has 0 aliphatic carbocycles. The Morgan fingerprint density at radius 2 is 1.60 bits per heavy atom. The summed E-state index contributed by atoms with van der Waals surface area (Å²) < 4.78 is 0. The van der Waals surface area contributed by atoms with Crippen molar-refractivity contribution in [2.24, 2.45) is 0 Å². The summed E-state index contributed by atoms with van der Waals surface area (Å²) in [6, 6.07) is 0. The predicted octanol–water partition coefficient (Wildman–Crippen LogP) is 0.517. The molecule has 1 rings (SSSR count). The fourth-order valence-corrected chi connectivity index (χ4v) is 2.25. The van der Waals surface area contributed by atoms with E-state index in [2.05, 4.69) is 62.1 Å². The molecule has 1 saturated heterocycles. The second-order valence-electron chi connectivity index (χ2n) is 7.48. The van der Waals surface area contributed by atoms with E-state index >= 15 is 0 Å². The summed E-state index contributed by atoms with van der Waals surface area (Å²) >= 11 is 0. The zero-order valence-electron chi connectivity index (χ0n) is 14.0. The van der Waals surface area contributed by atoms with Gasteiger partial charge in [0, 0.05) is 43.8 Å². The second kappa shape index (κ2) is 6.87. The zero-order valence-corrected chi connectivity index (χ0v) is 14.0. The molecule has 1 aliphatic rings. The minimum absolute atomic E-state index is 0.0126. The van der Waals surface area contributed by atoms with Crippen LogP contribution in [0.1, 0.15) is 34.6 Å². The van der Waals surface area contributed by atoms with Crippen molar-refractivity contribution in [3.05, 3.63) is 0 Å². The highest BCUT2D eigenvalue weighted by Crippen LogP contribution is 2.15. The van der Waals surface area contributed by atoms with E-state index in [4.69, 9.17) is 0 Å². The molecule has 0 spiro atoms.